The zero-order valence-corrected chi connectivity index (χ0v) is 21.3. The highest BCUT2D eigenvalue weighted by Gasteiger charge is 2.21. The van der Waals surface area contributed by atoms with Crippen molar-refractivity contribution >= 4 is 17.6 Å². The standard InChI is InChI=1S/C30H30N6O3/c31-29(32)24-10-8-21(9-11-24)18-35-28(23-12-14-26(15-13-23)39-25-6-2-1-3-7-25)30(38)36-20-27(37)34-19-22-5-4-16-33-17-22/h1-17,28,35H,18-20H2,(H3,31,32)(H,34,37)(H,36,38). The second-order valence-corrected chi connectivity index (χ2v) is 8.76. The number of amidine groups is 1. The van der Waals surface area contributed by atoms with Crippen molar-refractivity contribution < 1.29 is 14.3 Å². The van der Waals surface area contributed by atoms with Crippen LogP contribution in [0.25, 0.3) is 0 Å². The van der Waals surface area contributed by atoms with Gasteiger partial charge in [0.15, 0.2) is 0 Å². The Balaban J connectivity index is 1.41. The summed E-state index contributed by atoms with van der Waals surface area (Å²) in [5.74, 6) is 0.690. The van der Waals surface area contributed by atoms with Crippen LogP contribution in [0.15, 0.2) is 103 Å². The van der Waals surface area contributed by atoms with Crippen LogP contribution in [0.1, 0.15) is 28.3 Å². The largest absolute Gasteiger partial charge is 0.457 e. The predicted molar refractivity (Wildman–Crippen MR) is 149 cm³/mol. The number of aromatic nitrogens is 1. The summed E-state index contributed by atoms with van der Waals surface area (Å²) in [6, 6.07) is 26.8. The van der Waals surface area contributed by atoms with Crippen molar-refractivity contribution in [3.8, 4) is 11.5 Å². The van der Waals surface area contributed by atoms with E-state index in [1.54, 1.807) is 42.7 Å². The molecule has 9 nitrogen and oxygen atoms in total. The topological polar surface area (TPSA) is 142 Å². The maximum absolute atomic E-state index is 13.2. The molecular weight excluding hydrogens is 492 g/mol. The van der Waals surface area contributed by atoms with Crippen LogP contribution in [0.4, 0.5) is 0 Å². The number of hydrogen-bond acceptors (Lipinski definition) is 6. The number of nitrogens with two attached hydrogens (primary N) is 1. The Bertz CT molecular complexity index is 1380. The molecule has 0 radical (unpaired) electrons. The number of pyridine rings is 1. The zero-order valence-electron chi connectivity index (χ0n) is 21.3. The molecule has 0 aliphatic heterocycles. The highest BCUT2D eigenvalue weighted by molar-refractivity contribution is 5.94. The molecule has 39 heavy (non-hydrogen) atoms. The van der Waals surface area contributed by atoms with Gasteiger partial charge in [-0.15, -0.1) is 0 Å². The first kappa shape index (κ1) is 27.0. The van der Waals surface area contributed by atoms with E-state index in [0.29, 0.717) is 35.7 Å². The van der Waals surface area contributed by atoms with Gasteiger partial charge in [0, 0.05) is 31.0 Å². The number of rotatable bonds is 12. The monoisotopic (exact) mass is 522 g/mol. The van der Waals surface area contributed by atoms with Crippen LogP contribution in [-0.4, -0.2) is 29.2 Å². The highest BCUT2D eigenvalue weighted by Crippen LogP contribution is 2.24. The minimum atomic E-state index is -0.727. The van der Waals surface area contributed by atoms with Gasteiger partial charge in [-0.2, -0.15) is 0 Å². The molecular formula is C30H30N6O3. The molecule has 1 aromatic heterocycles. The summed E-state index contributed by atoms with van der Waals surface area (Å²) in [5, 5.41) is 16.3. The first-order valence-electron chi connectivity index (χ1n) is 12.4. The number of hydrogen-bond donors (Lipinski definition) is 5. The Hall–Kier alpha value is -5.02. The average Bonchev–Trinajstić information content (AvgIpc) is 2.97. The molecule has 3 aromatic carbocycles. The van der Waals surface area contributed by atoms with E-state index in [0.717, 1.165) is 11.1 Å². The van der Waals surface area contributed by atoms with E-state index >= 15 is 0 Å². The van der Waals surface area contributed by atoms with Gasteiger partial charge in [-0.25, -0.2) is 0 Å². The van der Waals surface area contributed by atoms with Crippen molar-refractivity contribution in [1.82, 2.24) is 20.9 Å². The van der Waals surface area contributed by atoms with E-state index in [9.17, 15) is 9.59 Å². The first-order valence-corrected chi connectivity index (χ1v) is 12.4. The van der Waals surface area contributed by atoms with Gasteiger partial charge < -0.3 is 21.1 Å². The third kappa shape index (κ3) is 8.24. The van der Waals surface area contributed by atoms with Crippen LogP contribution in [-0.2, 0) is 22.7 Å². The molecule has 1 unspecified atom stereocenters. The van der Waals surface area contributed by atoms with Gasteiger partial charge in [0.1, 0.15) is 23.4 Å². The molecule has 9 heteroatoms. The fourth-order valence-corrected chi connectivity index (χ4v) is 3.77. The van der Waals surface area contributed by atoms with E-state index in [1.807, 2.05) is 60.7 Å². The molecule has 0 aliphatic rings. The summed E-state index contributed by atoms with van der Waals surface area (Å²) in [6.07, 6.45) is 3.34. The summed E-state index contributed by atoms with van der Waals surface area (Å²) in [7, 11) is 0. The lowest BCUT2D eigenvalue weighted by Crippen LogP contribution is -2.42. The number of carbonyl (C=O) groups excluding carboxylic acids is 2. The predicted octanol–water partition coefficient (Wildman–Crippen LogP) is 3.42. The fourth-order valence-electron chi connectivity index (χ4n) is 3.77. The number of para-hydroxylation sites is 1. The minimum absolute atomic E-state index is 0.00798. The van der Waals surface area contributed by atoms with Crippen LogP contribution < -0.4 is 26.4 Å². The second-order valence-electron chi connectivity index (χ2n) is 8.76. The minimum Gasteiger partial charge on any atom is -0.457 e. The molecule has 4 rings (SSSR count). The van der Waals surface area contributed by atoms with Crippen LogP contribution >= 0.6 is 0 Å². The molecule has 1 atom stereocenters. The first-order chi connectivity index (χ1) is 19.0. The van der Waals surface area contributed by atoms with Crippen molar-refractivity contribution in [3.63, 3.8) is 0 Å². The number of nitrogens with zero attached hydrogens (tertiary/aromatic N) is 1. The number of benzene rings is 3. The van der Waals surface area contributed by atoms with Crippen molar-refractivity contribution in [3.05, 3.63) is 126 Å². The van der Waals surface area contributed by atoms with E-state index in [-0.39, 0.29) is 24.2 Å². The van der Waals surface area contributed by atoms with Crippen LogP contribution in [0.2, 0.25) is 0 Å². The Morgan fingerprint density at radius 1 is 0.821 bits per heavy atom. The Morgan fingerprint density at radius 2 is 1.54 bits per heavy atom. The van der Waals surface area contributed by atoms with E-state index in [1.165, 1.54) is 0 Å². The molecule has 2 amide bonds. The van der Waals surface area contributed by atoms with Gasteiger partial charge in [-0.05, 0) is 47.0 Å². The van der Waals surface area contributed by atoms with Crippen LogP contribution in [0.5, 0.6) is 11.5 Å². The summed E-state index contributed by atoms with van der Waals surface area (Å²) < 4.78 is 5.87. The molecule has 0 saturated heterocycles. The number of amides is 2. The average molecular weight is 523 g/mol. The molecule has 198 valence electrons. The Morgan fingerprint density at radius 3 is 2.21 bits per heavy atom. The van der Waals surface area contributed by atoms with Crippen molar-refractivity contribution in [2.24, 2.45) is 5.73 Å². The van der Waals surface area contributed by atoms with E-state index in [2.05, 4.69) is 20.9 Å². The molecule has 0 aliphatic carbocycles. The number of carbonyl (C=O) groups is 2. The van der Waals surface area contributed by atoms with Crippen LogP contribution in [0.3, 0.4) is 0 Å². The third-order valence-electron chi connectivity index (χ3n) is 5.87. The number of ether oxygens (including phenoxy) is 1. The van der Waals surface area contributed by atoms with Gasteiger partial charge >= 0.3 is 0 Å². The normalized spacial score (nSPS) is 11.3. The Labute approximate surface area is 226 Å². The number of nitrogens with one attached hydrogen (secondary N) is 4. The zero-order chi connectivity index (χ0) is 27.5. The maximum atomic E-state index is 13.2. The molecule has 6 N–H and O–H groups in total. The molecule has 0 spiro atoms. The number of nitrogen functional groups attached to an aromatic ring is 1. The van der Waals surface area contributed by atoms with Gasteiger partial charge in [0.2, 0.25) is 11.8 Å². The quantitative estimate of drug-likeness (QED) is 0.143. The van der Waals surface area contributed by atoms with Gasteiger partial charge in [0.05, 0.1) is 6.54 Å². The van der Waals surface area contributed by atoms with E-state index in [4.69, 9.17) is 15.9 Å². The maximum Gasteiger partial charge on any atom is 0.242 e. The lowest BCUT2D eigenvalue weighted by atomic mass is 10.0. The van der Waals surface area contributed by atoms with Crippen molar-refractivity contribution in [2.75, 3.05) is 6.54 Å². The highest BCUT2D eigenvalue weighted by atomic mass is 16.5. The third-order valence-corrected chi connectivity index (χ3v) is 5.87. The van der Waals surface area contributed by atoms with Gasteiger partial charge in [-0.1, -0.05) is 60.7 Å². The lowest BCUT2D eigenvalue weighted by molar-refractivity contribution is -0.127. The van der Waals surface area contributed by atoms with Gasteiger partial charge in [0.25, 0.3) is 0 Å². The summed E-state index contributed by atoms with van der Waals surface area (Å²) in [4.78, 5) is 29.6. The summed E-state index contributed by atoms with van der Waals surface area (Å²) in [6.45, 7) is 0.537. The molecule has 0 fully saturated rings. The van der Waals surface area contributed by atoms with Crippen molar-refractivity contribution in [1.29, 1.82) is 5.41 Å². The van der Waals surface area contributed by atoms with Crippen molar-refractivity contribution in [2.45, 2.75) is 19.1 Å². The fraction of sp³-hybridized carbons (Fsp3) is 0.133. The SMILES string of the molecule is N=C(N)c1ccc(CNC(C(=O)NCC(=O)NCc2cccnc2)c2ccc(Oc3ccccc3)cc2)cc1. The molecule has 0 bridgehead atoms. The second kappa shape index (κ2) is 13.5. The summed E-state index contributed by atoms with van der Waals surface area (Å²) in [5.41, 5.74) is 8.66. The molecule has 0 saturated carbocycles. The van der Waals surface area contributed by atoms with Gasteiger partial charge in [-0.3, -0.25) is 25.3 Å². The summed E-state index contributed by atoms with van der Waals surface area (Å²) >= 11 is 0. The van der Waals surface area contributed by atoms with Crippen LogP contribution in [0, 0.1) is 5.41 Å². The smallest absolute Gasteiger partial charge is 0.242 e. The molecule has 4 aromatic rings. The Kier molecular flexibility index (Phi) is 9.36. The van der Waals surface area contributed by atoms with E-state index < -0.39 is 6.04 Å². The molecule has 1 heterocycles. The lowest BCUT2D eigenvalue weighted by Gasteiger charge is -2.19.